The molecule has 2 aliphatic rings. The monoisotopic (exact) mass is 377 g/mol. The number of anilines is 1. The van der Waals surface area contributed by atoms with E-state index in [1.165, 1.54) is 23.5 Å². The first-order chi connectivity index (χ1) is 12.0. The van der Waals surface area contributed by atoms with Gasteiger partial charge in [0.15, 0.2) is 9.84 Å². The molecule has 0 spiro atoms. The lowest BCUT2D eigenvalue weighted by Crippen LogP contribution is -2.28. The van der Waals surface area contributed by atoms with Crippen LogP contribution in [0.5, 0.6) is 0 Å². The van der Waals surface area contributed by atoms with Gasteiger partial charge in [-0.2, -0.15) is 0 Å². The molecule has 1 saturated heterocycles. The van der Waals surface area contributed by atoms with Crippen LogP contribution in [0.1, 0.15) is 33.6 Å². The number of thiophene rings is 1. The van der Waals surface area contributed by atoms with Crippen molar-refractivity contribution in [3.05, 3.63) is 45.6 Å². The van der Waals surface area contributed by atoms with Crippen LogP contribution in [0.25, 0.3) is 0 Å². The topological polar surface area (TPSA) is 89.5 Å². The number of sulfone groups is 1. The first-order valence-corrected chi connectivity index (χ1v) is 10.4. The second-order valence-corrected chi connectivity index (χ2v) is 8.91. The average molecular weight is 377 g/mol. The molecule has 1 atom stereocenters. The number of ether oxygens (including phenoxy) is 1. The largest absolute Gasteiger partial charge is 0.368 e. The Morgan fingerprint density at radius 3 is 2.88 bits per heavy atom. The van der Waals surface area contributed by atoms with Crippen molar-refractivity contribution in [3.8, 4) is 0 Å². The van der Waals surface area contributed by atoms with Crippen LogP contribution in [0.15, 0.2) is 34.5 Å². The van der Waals surface area contributed by atoms with E-state index in [0.29, 0.717) is 23.5 Å². The highest BCUT2D eigenvalue weighted by molar-refractivity contribution is 7.90. The highest BCUT2D eigenvalue weighted by atomic mass is 32.2. The lowest BCUT2D eigenvalue weighted by Gasteiger charge is -2.15. The van der Waals surface area contributed by atoms with Crippen LogP contribution < -0.4 is 5.32 Å². The molecule has 1 aromatic carbocycles. The maximum Gasteiger partial charge on any atom is 0.253 e. The molecule has 4 rings (SSSR count). The minimum Gasteiger partial charge on any atom is -0.368 e. The minimum atomic E-state index is -3.67. The molecule has 0 aliphatic carbocycles. The van der Waals surface area contributed by atoms with Crippen molar-refractivity contribution in [2.24, 2.45) is 0 Å². The van der Waals surface area contributed by atoms with E-state index >= 15 is 0 Å². The summed E-state index contributed by atoms with van der Waals surface area (Å²) in [5, 5.41) is 4.39. The van der Waals surface area contributed by atoms with Gasteiger partial charge in [-0.15, -0.1) is 11.3 Å². The Labute approximate surface area is 148 Å². The molecule has 0 bridgehead atoms. The van der Waals surface area contributed by atoms with E-state index in [1.54, 1.807) is 17.5 Å². The summed E-state index contributed by atoms with van der Waals surface area (Å²) in [5.41, 5.74) is 0.755. The van der Waals surface area contributed by atoms with Gasteiger partial charge < -0.3 is 10.1 Å². The lowest BCUT2D eigenvalue weighted by molar-refractivity contribution is -0.124. The molecule has 1 aromatic heterocycles. The molecule has 8 heteroatoms. The zero-order valence-electron chi connectivity index (χ0n) is 13.2. The second kappa shape index (κ2) is 6.05. The van der Waals surface area contributed by atoms with E-state index in [0.717, 1.165) is 6.42 Å². The first-order valence-electron chi connectivity index (χ1n) is 7.87. The van der Waals surface area contributed by atoms with Crippen LogP contribution >= 0.6 is 11.3 Å². The Morgan fingerprint density at radius 1 is 1.28 bits per heavy atom. The van der Waals surface area contributed by atoms with Crippen LogP contribution in [-0.4, -0.2) is 32.8 Å². The molecule has 0 saturated carbocycles. The highest BCUT2D eigenvalue weighted by Crippen LogP contribution is 2.36. The van der Waals surface area contributed by atoms with Gasteiger partial charge in [0.05, 0.1) is 26.8 Å². The second-order valence-electron chi connectivity index (χ2n) is 6.03. The van der Waals surface area contributed by atoms with Crippen molar-refractivity contribution in [2.75, 3.05) is 11.9 Å². The number of ketones is 1. The Kier molecular flexibility index (Phi) is 3.98. The minimum absolute atomic E-state index is 0.0361. The zero-order chi connectivity index (χ0) is 17.6. The Balaban J connectivity index is 1.82. The molecule has 2 aromatic rings. The van der Waals surface area contributed by atoms with E-state index in [-0.39, 0.29) is 33.6 Å². The lowest BCUT2D eigenvalue weighted by atomic mass is 10.0. The summed E-state index contributed by atoms with van der Waals surface area (Å²) >= 11 is 1.21. The number of hydrogen-bond donors (Lipinski definition) is 1. The van der Waals surface area contributed by atoms with Crippen LogP contribution in [-0.2, 0) is 25.1 Å². The van der Waals surface area contributed by atoms with Gasteiger partial charge >= 0.3 is 0 Å². The van der Waals surface area contributed by atoms with E-state index < -0.39 is 15.9 Å². The molecule has 130 valence electrons. The van der Waals surface area contributed by atoms with E-state index in [4.69, 9.17) is 4.74 Å². The number of carbonyl (C=O) groups excluding carboxylic acids is 2. The Hall–Kier alpha value is -2.03. The van der Waals surface area contributed by atoms with Crippen LogP contribution in [0.3, 0.4) is 0 Å². The number of carbonyl (C=O) groups is 2. The summed E-state index contributed by atoms with van der Waals surface area (Å²) < 4.78 is 30.8. The van der Waals surface area contributed by atoms with Gasteiger partial charge in [0.2, 0.25) is 5.78 Å². The summed E-state index contributed by atoms with van der Waals surface area (Å²) in [6, 6.07) is 6.17. The maximum absolute atomic E-state index is 13.0. The maximum atomic E-state index is 13.0. The predicted octanol–water partition coefficient (Wildman–Crippen LogP) is 2.38. The molecule has 1 amide bonds. The summed E-state index contributed by atoms with van der Waals surface area (Å²) in [5.74, 6) is -0.940. The molecule has 3 heterocycles. The molecular formula is C17H15NO5S2. The number of rotatable bonds is 2. The predicted molar refractivity (Wildman–Crippen MR) is 92.7 cm³/mol. The zero-order valence-corrected chi connectivity index (χ0v) is 14.8. The average Bonchev–Trinajstić information content (AvgIpc) is 3.23. The normalized spacial score (nSPS) is 21.3. The molecule has 2 aliphatic heterocycles. The molecule has 0 radical (unpaired) electrons. The van der Waals surface area contributed by atoms with Crippen molar-refractivity contribution in [1.29, 1.82) is 0 Å². The van der Waals surface area contributed by atoms with Crippen molar-refractivity contribution >= 4 is 38.6 Å². The van der Waals surface area contributed by atoms with Gasteiger partial charge in [0, 0.05) is 6.61 Å². The number of benzene rings is 1. The smallest absolute Gasteiger partial charge is 0.253 e. The van der Waals surface area contributed by atoms with E-state index in [2.05, 4.69) is 5.32 Å². The standard InChI is InChI=1S/C17H15NO5S2/c19-15-14-11(18-17(20)12-4-2-7-23-12)3-1-5-13(14)25(21,22)9-10-6-8-24-16(10)15/h1,3,5-6,8,12H,2,4,7,9H2,(H,18,20). The third-order valence-corrected chi connectivity index (χ3v) is 7.02. The summed E-state index contributed by atoms with van der Waals surface area (Å²) in [6.45, 7) is 0.525. The van der Waals surface area contributed by atoms with Gasteiger partial charge in [0.1, 0.15) is 6.10 Å². The van der Waals surface area contributed by atoms with Crippen molar-refractivity contribution in [1.82, 2.24) is 0 Å². The Bertz CT molecular complexity index is 971. The third-order valence-electron chi connectivity index (χ3n) is 4.37. The molecule has 1 N–H and O–H groups in total. The summed E-state index contributed by atoms with van der Waals surface area (Å²) in [6.07, 6.45) is 0.851. The third kappa shape index (κ3) is 2.80. The van der Waals surface area contributed by atoms with Crippen LogP contribution in [0, 0.1) is 0 Å². The molecular weight excluding hydrogens is 362 g/mol. The first kappa shape index (κ1) is 16.4. The highest BCUT2D eigenvalue weighted by Gasteiger charge is 2.34. The molecule has 6 nitrogen and oxygen atoms in total. The summed E-state index contributed by atoms with van der Waals surface area (Å²) in [7, 11) is -3.67. The van der Waals surface area contributed by atoms with Gasteiger partial charge in [-0.25, -0.2) is 8.42 Å². The van der Waals surface area contributed by atoms with Crippen molar-refractivity contribution in [2.45, 2.75) is 29.6 Å². The quantitative estimate of drug-likeness (QED) is 0.868. The fourth-order valence-corrected chi connectivity index (χ4v) is 5.74. The van der Waals surface area contributed by atoms with Gasteiger partial charge in [0.25, 0.3) is 5.91 Å². The number of fused-ring (bicyclic) bond motifs is 2. The number of nitrogens with one attached hydrogen (secondary N) is 1. The van der Waals surface area contributed by atoms with Gasteiger partial charge in [-0.1, -0.05) is 6.07 Å². The number of amides is 1. The SMILES string of the molecule is O=C1c2sccc2CS(=O)(=O)c2cccc(NC(=O)C3CCCO3)c21. The molecule has 1 fully saturated rings. The van der Waals surface area contributed by atoms with Crippen molar-refractivity contribution < 1.29 is 22.7 Å². The number of hydrogen-bond acceptors (Lipinski definition) is 6. The van der Waals surface area contributed by atoms with Crippen molar-refractivity contribution in [3.63, 3.8) is 0 Å². The van der Waals surface area contributed by atoms with Crippen LogP contribution in [0.2, 0.25) is 0 Å². The van der Waals surface area contributed by atoms with Gasteiger partial charge in [-0.05, 0) is 42.0 Å². The summed E-state index contributed by atoms with van der Waals surface area (Å²) in [4.78, 5) is 25.7. The van der Waals surface area contributed by atoms with E-state index in [9.17, 15) is 18.0 Å². The van der Waals surface area contributed by atoms with Gasteiger partial charge in [-0.3, -0.25) is 9.59 Å². The fraction of sp³-hybridized carbons (Fsp3) is 0.294. The molecule has 25 heavy (non-hydrogen) atoms. The fourth-order valence-electron chi connectivity index (χ4n) is 3.17. The molecule has 1 unspecified atom stereocenters. The van der Waals surface area contributed by atoms with E-state index in [1.807, 2.05) is 0 Å². The van der Waals surface area contributed by atoms with Crippen LogP contribution in [0.4, 0.5) is 5.69 Å². The Morgan fingerprint density at radius 2 is 2.12 bits per heavy atom.